The molecule has 0 aromatic rings. The van der Waals surface area contributed by atoms with E-state index in [1.165, 1.54) is 0 Å². The maximum Gasteiger partial charge on any atom is 0.415 e. The van der Waals surface area contributed by atoms with Crippen LogP contribution < -0.4 is 0 Å². The zero-order valence-corrected chi connectivity index (χ0v) is 12.6. The fourth-order valence-corrected chi connectivity index (χ4v) is 2.40. The van der Waals surface area contributed by atoms with Crippen LogP contribution in [0.1, 0.15) is 0 Å². The third kappa shape index (κ3) is 2.22. The Labute approximate surface area is 148 Å². The van der Waals surface area contributed by atoms with Crippen LogP contribution in [0.3, 0.4) is 0 Å². The quantitative estimate of drug-likeness (QED) is 0.331. The van der Waals surface area contributed by atoms with Crippen molar-refractivity contribution in [1.82, 2.24) is 0 Å². The van der Waals surface area contributed by atoms with Gasteiger partial charge >= 0.3 is 53.8 Å². The van der Waals surface area contributed by atoms with Gasteiger partial charge in [-0.2, -0.15) is 87.8 Å². The Kier molecular flexibility index (Phi) is 5.05. The highest BCUT2D eigenvalue weighted by molar-refractivity contribution is 5.30. The first-order chi connectivity index (χ1) is 12.5. The van der Waals surface area contributed by atoms with E-state index in [-0.39, 0.29) is 0 Å². The summed E-state index contributed by atoms with van der Waals surface area (Å²) in [4.78, 5) is 0. The van der Waals surface area contributed by atoms with E-state index in [0.29, 0.717) is 0 Å². The summed E-state index contributed by atoms with van der Waals surface area (Å²) in [5.41, 5.74) is -7.09. The second-order valence-electron chi connectivity index (χ2n) is 5.77. The zero-order valence-electron chi connectivity index (χ0n) is 12.6. The Morgan fingerprint density at radius 2 is 0.400 bits per heavy atom. The third-order valence-corrected chi connectivity index (χ3v) is 4.16. The zero-order chi connectivity index (χ0) is 25.0. The van der Waals surface area contributed by atoms with E-state index in [9.17, 15) is 87.8 Å². The van der Waals surface area contributed by atoms with E-state index in [1.54, 1.807) is 0 Å². The van der Waals surface area contributed by atoms with Gasteiger partial charge in [-0.25, -0.2) is 0 Å². The molecule has 0 nitrogen and oxygen atoms in total. The number of hydrogen-bond donors (Lipinski definition) is 0. The smallest absolute Gasteiger partial charge is 0.198 e. The van der Waals surface area contributed by atoms with Gasteiger partial charge in [0, 0.05) is 0 Å². The molecule has 0 aliphatic heterocycles. The maximum atomic E-state index is 12.5. The molecule has 0 aromatic carbocycles. The molecule has 0 bridgehead atoms. The van der Waals surface area contributed by atoms with Crippen molar-refractivity contribution in [2.75, 3.05) is 0 Å². The summed E-state index contributed by atoms with van der Waals surface area (Å²) in [7, 11) is 0. The molecule has 0 amide bonds. The van der Waals surface area contributed by atoms with E-state index in [2.05, 4.69) is 0 Å². The van der Waals surface area contributed by atoms with Crippen molar-refractivity contribution in [3.05, 3.63) is 0 Å². The lowest BCUT2D eigenvalue weighted by Gasteiger charge is -2.58. The molecule has 20 heteroatoms. The van der Waals surface area contributed by atoms with Gasteiger partial charge < -0.3 is 0 Å². The Morgan fingerprint density at radius 1 is 0.267 bits per heavy atom. The lowest BCUT2D eigenvalue weighted by Crippen LogP contribution is -2.89. The van der Waals surface area contributed by atoms with E-state index in [0.717, 1.165) is 0 Å². The van der Waals surface area contributed by atoms with Crippen LogP contribution in [0, 0.1) is 5.41 Å². The Balaban J connectivity index is 0.000000325. The fraction of sp³-hybridized carbons (Fsp3) is 1.00. The summed E-state index contributed by atoms with van der Waals surface area (Å²) in [5, 5.41) is 0. The second kappa shape index (κ2) is 5.69. The number of alkyl halides is 20. The average molecular weight is 500 g/mol. The van der Waals surface area contributed by atoms with Crippen LogP contribution in [0.4, 0.5) is 87.8 Å². The van der Waals surface area contributed by atoms with Gasteiger partial charge in [-0.1, -0.05) is 0 Å². The van der Waals surface area contributed by atoms with Crippen molar-refractivity contribution >= 4 is 0 Å². The molecule has 0 unspecified atom stereocenters. The summed E-state index contributed by atoms with van der Waals surface area (Å²) in [6, 6.07) is 0. The van der Waals surface area contributed by atoms with Gasteiger partial charge in [0.1, 0.15) is 0 Å². The van der Waals surface area contributed by atoms with Gasteiger partial charge in [0.15, 0.2) is 0 Å². The van der Waals surface area contributed by atoms with Crippen molar-refractivity contribution in [2.24, 2.45) is 5.41 Å². The second-order valence-corrected chi connectivity index (χ2v) is 5.77. The summed E-state index contributed by atoms with van der Waals surface area (Å²) in [6.45, 7) is 0. The Bertz CT molecular complexity index is 589. The van der Waals surface area contributed by atoms with Gasteiger partial charge in [-0.15, -0.1) is 0 Å². The number of hydrogen-bond acceptors (Lipinski definition) is 0. The molecule has 0 aromatic heterocycles. The molecule has 2 saturated carbocycles. The molecule has 0 atom stereocenters. The van der Waals surface area contributed by atoms with Crippen molar-refractivity contribution in [2.45, 2.75) is 53.8 Å². The molecule has 0 radical (unpaired) electrons. The largest absolute Gasteiger partial charge is 0.415 e. The van der Waals surface area contributed by atoms with E-state index >= 15 is 0 Å². The monoisotopic (exact) mass is 500 g/mol. The first-order valence-electron chi connectivity index (χ1n) is 6.28. The number of rotatable bonds is 0. The fourth-order valence-electron chi connectivity index (χ4n) is 2.40. The minimum Gasteiger partial charge on any atom is -0.198 e. The maximum absolute atomic E-state index is 12.5. The van der Waals surface area contributed by atoms with Crippen LogP contribution in [0.5, 0.6) is 0 Å². The Morgan fingerprint density at radius 3 is 0.500 bits per heavy atom. The highest BCUT2D eigenvalue weighted by Crippen LogP contribution is 2.80. The lowest BCUT2D eigenvalue weighted by atomic mass is 9.57. The standard InChI is InChI=1S/C6F12.C4F8/c7-2(8)1(5(13,14)15,6(16,17)18)3(9,10)4(2,11)12;5-1(6)2(7,8)4(11,12)3(1,9)10. The molecule has 180 valence electrons. The molecule has 2 aliphatic carbocycles. The van der Waals surface area contributed by atoms with Crippen molar-refractivity contribution in [3.63, 3.8) is 0 Å². The van der Waals surface area contributed by atoms with Crippen LogP contribution in [-0.2, 0) is 0 Å². The minimum atomic E-state index is -7.31. The Hall–Kier alpha value is -1.40. The molecular formula is C10F20. The summed E-state index contributed by atoms with van der Waals surface area (Å²) >= 11 is 0. The normalized spacial score (nSPS) is 30.8. The predicted octanol–water partition coefficient (Wildman–Crippen LogP) is 6.56. The molecule has 0 heterocycles. The van der Waals surface area contributed by atoms with Gasteiger partial charge in [0.25, 0.3) is 5.41 Å². The van der Waals surface area contributed by atoms with Gasteiger partial charge in [0.2, 0.25) is 0 Å². The minimum absolute atomic E-state index is 5.97. The van der Waals surface area contributed by atoms with Crippen LogP contribution in [0.25, 0.3) is 0 Å². The van der Waals surface area contributed by atoms with E-state index in [4.69, 9.17) is 0 Å². The van der Waals surface area contributed by atoms with E-state index < -0.39 is 59.2 Å². The van der Waals surface area contributed by atoms with Gasteiger partial charge in [-0.05, 0) is 0 Å². The SMILES string of the molecule is FC(F)(F)C1(C(F)(F)F)C(F)(F)C(F)(F)C1(F)F.FC1(F)C(F)(F)C(F)(F)C1(F)F. The molecule has 30 heavy (non-hydrogen) atoms. The van der Waals surface area contributed by atoms with Crippen LogP contribution >= 0.6 is 0 Å². The average Bonchev–Trinajstić information content (AvgIpc) is 2.42. The molecule has 2 rings (SSSR count). The summed E-state index contributed by atoms with van der Waals surface area (Å²) < 4.78 is 239. The van der Waals surface area contributed by atoms with Crippen LogP contribution in [0.2, 0.25) is 0 Å². The number of halogens is 20. The first-order valence-corrected chi connectivity index (χ1v) is 6.28. The molecule has 0 spiro atoms. The molecule has 0 saturated heterocycles. The molecule has 0 N–H and O–H groups in total. The summed E-state index contributed by atoms with van der Waals surface area (Å²) in [5.74, 6) is -44.6. The molecule has 2 fully saturated rings. The highest BCUT2D eigenvalue weighted by Gasteiger charge is 3.11. The predicted molar refractivity (Wildman–Crippen MR) is 49.2 cm³/mol. The van der Waals surface area contributed by atoms with Crippen LogP contribution in [-0.4, -0.2) is 53.8 Å². The lowest BCUT2D eigenvalue weighted by molar-refractivity contribution is -0.574. The van der Waals surface area contributed by atoms with Crippen molar-refractivity contribution < 1.29 is 87.8 Å². The third-order valence-electron chi connectivity index (χ3n) is 4.16. The molecular weight excluding hydrogens is 500 g/mol. The first kappa shape index (κ1) is 26.6. The molecule has 2 aliphatic rings. The van der Waals surface area contributed by atoms with Gasteiger partial charge in [0.05, 0.1) is 0 Å². The van der Waals surface area contributed by atoms with E-state index in [1.807, 2.05) is 0 Å². The highest BCUT2D eigenvalue weighted by atomic mass is 19.4. The van der Waals surface area contributed by atoms with Crippen molar-refractivity contribution in [3.8, 4) is 0 Å². The summed E-state index contributed by atoms with van der Waals surface area (Å²) in [6.07, 6.45) is -14.6. The topological polar surface area (TPSA) is 0 Å². The van der Waals surface area contributed by atoms with Gasteiger partial charge in [-0.3, -0.25) is 0 Å². The van der Waals surface area contributed by atoms with Crippen molar-refractivity contribution in [1.29, 1.82) is 0 Å². The van der Waals surface area contributed by atoms with Crippen LogP contribution in [0.15, 0.2) is 0 Å².